The summed E-state index contributed by atoms with van der Waals surface area (Å²) in [5, 5.41) is 0. The third-order valence-electron chi connectivity index (χ3n) is 2.50. The monoisotopic (exact) mass is 231 g/mol. The number of hydrogen-bond acceptors (Lipinski definition) is 3. The van der Waals surface area contributed by atoms with Gasteiger partial charge in [-0.05, 0) is 27.7 Å². The Morgan fingerprint density at radius 2 is 1.94 bits per heavy atom. The van der Waals surface area contributed by atoms with Crippen molar-refractivity contribution in [1.82, 2.24) is 4.90 Å². The number of alkyl halides is 1. The van der Waals surface area contributed by atoms with Gasteiger partial charge in [0.05, 0.1) is 6.54 Å². The van der Waals surface area contributed by atoms with Gasteiger partial charge >= 0.3 is 6.09 Å². The van der Waals surface area contributed by atoms with Crippen molar-refractivity contribution in [1.29, 1.82) is 0 Å². The third kappa shape index (κ3) is 2.93. The van der Waals surface area contributed by atoms with Crippen molar-refractivity contribution in [2.75, 3.05) is 13.1 Å². The maximum Gasteiger partial charge on any atom is 0.410 e. The van der Waals surface area contributed by atoms with Crippen LogP contribution in [0.4, 0.5) is 9.18 Å². The summed E-state index contributed by atoms with van der Waals surface area (Å²) in [5.41, 5.74) is -2.49. The van der Waals surface area contributed by atoms with Crippen LogP contribution in [0, 0.1) is 0 Å². The summed E-state index contributed by atoms with van der Waals surface area (Å²) in [6.07, 6.45) is -0.505. The molecule has 0 bridgehead atoms. The Labute approximate surface area is 94.7 Å². The van der Waals surface area contributed by atoms with E-state index in [0.29, 0.717) is 0 Å². The number of halogens is 1. The lowest BCUT2D eigenvalue weighted by atomic mass is 10.0. The van der Waals surface area contributed by atoms with Gasteiger partial charge < -0.3 is 9.64 Å². The molecule has 1 rings (SSSR count). The molecule has 1 unspecified atom stereocenters. The van der Waals surface area contributed by atoms with E-state index in [1.54, 1.807) is 20.8 Å². The Bertz CT molecular complexity index is 311. The summed E-state index contributed by atoms with van der Waals surface area (Å²) in [6, 6.07) is 0. The molecular formula is C11H18FNO3. The second-order valence-electron chi connectivity index (χ2n) is 5.17. The van der Waals surface area contributed by atoms with Crippen LogP contribution in [0.2, 0.25) is 0 Å². The molecule has 0 N–H and O–H groups in total. The van der Waals surface area contributed by atoms with E-state index in [-0.39, 0.29) is 19.5 Å². The largest absolute Gasteiger partial charge is 0.444 e. The molecule has 5 heteroatoms. The number of carbonyl (C=O) groups excluding carboxylic acids is 2. The number of hydrogen-bond donors (Lipinski definition) is 0. The average Bonchev–Trinajstić information content (AvgIpc) is 2.46. The van der Waals surface area contributed by atoms with Crippen LogP contribution in [0.1, 0.15) is 34.1 Å². The Balaban J connectivity index is 2.60. The summed E-state index contributed by atoms with van der Waals surface area (Å²) in [5.74, 6) is -0.529. The molecule has 1 aliphatic heterocycles. The predicted octanol–water partition coefficient (Wildman–Crippen LogP) is 1.92. The fourth-order valence-corrected chi connectivity index (χ4v) is 1.54. The first-order valence-corrected chi connectivity index (χ1v) is 5.32. The first-order chi connectivity index (χ1) is 7.14. The van der Waals surface area contributed by atoms with E-state index in [0.717, 1.165) is 0 Å². The van der Waals surface area contributed by atoms with Crippen LogP contribution in [-0.2, 0) is 9.53 Å². The molecule has 0 aromatic rings. The maximum absolute atomic E-state index is 13.9. The average molecular weight is 231 g/mol. The molecule has 0 spiro atoms. The zero-order valence-corrected chi connectivity index (χ0v) is 10.2. The molecular weight excluding hydrogens is 213 g/mol. The van der Waals surface area contributed by atoms with E-state index in [1.165, 1.54) is 11.8 Å². The molecule has 0 aliphatic carbocycles. The van der Waals surface area contributed by atoms with Crippen molar-refractivity contribution in [3.8, 4) is 0 Å². The minimum absolute atomic E-state index is 0.0571. The smallest absolute Gasteiger partial charge is 0.410 e. The number of ketones is 1. The summed E-state index contributed by atoms with van der Waals surface area (Å²) in [7, 11) is 0. The molecule has 1 amide bonds. The first kappa shape index (κ1) is 12.9. The van der Waals surface area contributed by atoms with Gasteiger partial charge in [-0.3, -0.25) is 4.79 Å². The Kier molecular flexibility index (Phi) is 3.26. The highest BCUT2D eigenvalue weighted by molar-refractivity contribution is 5.86. The molecule has 1 atom stereocenters. The fraction of sp³-hybridized carbons (Fsp3) is 0.818. The van der Waals surface area contributed by atoms with Gasteiger partial charge in [-0.15, -0.1) is 0 Å². The van der Waals surface area contributed by atoms with Crippen molar-refractivity contribution in [3.63, 3.8) is 0 Å². The highest BCUT2D eigenvalue weighted by atomic mass is 19.1. The van der Waals surface area contributed by atoms with Crippen LogP contribution in [0.3, 0.4) is 0 Å². The SMILES string of the molecule is CC(=O)C1(F)CCN(C(=O)OC(C)(C)C)C1. The van der Waals surface area contributed by atoms with Crippen LogP contribution in [0.15, 0.2) is 0 Å². The second-order valence-corrected chi connectivity index (χ2v) is 5.17. The van der Waals surface area contributed by atoms with E-state index in [1.807, 2.05) is 0 Å². The molecule has 92 valence electrons. The molecule has 0 aromatic carbocycles. The van der Waals surface area contributed by atoms with Gasteiger partial charge in [-0.1, -0.05) is 0 Å². The Hall–Kier alpha value is -1.13. The Morgan fingerprint density at radius 3 is 2.31 bits per heavy atom. The number of Topliss-reactive ketones (excluding diaryl/α,β-unsaturated/α-hetero) is 1. The van der Waals surface area contributed by atoms with Gasteiger partial charge in [0.25, 0.3) is 0 Å². The standard InChI is InChI=1S/C11H18FNO3/c1-8(14)11(12)5-6-13(7-11)9(15)16-10(2,3)4/h5-7H2,1-4H3. The van der Waals surface area contributed by atoms with Crippen LogP contribution in [-0.4, -0.2) is 41.1 Å². The minimum Gasteiger partial charge on any atom is -0.444 e. The zero-order chi connectivity index (χ0) is 12.6. The van der Waals surface area contributed by atoms with Crippen molar-refractivity contribution in [2.24, 2.45) is 0 Å². The van der Waals surface area contributed by atoms with Crippen molar-refractivity contribution < 1.29 is 18.7 Å². The van der Waals surface area contributed by atoms with E-state index in [4.69, 9.17) is 4.74 Å². The molecule has 0 saturated carbocycles. The summed E-state index contributed by atoms with van der Waals surface area (Å²) in [6.45, 7) is 6.47. The molecule has 1 heterocycles. The van der Waals surface area contributed by atoms with Crippen LogP contribution in [0.25, 0.3) is 0 Å². The number of likely N-dealkylation sites (tertiary alicyclic amines) is 1. The van der Waals surface area contributed by atoms with Gasteiger partial charge in [0.1, 0.15) is 5.60 Å². The van der Waals surface area contributed by atoms with Crippen molar-refractivity contribution in [2.45, 2.75) is 45.4 Å². The number of ether oxygens (including phenoxy) is 1. The second kappa shape index (κ2) is 4.03. The van der Waals surface area contributed by atoms with E-state index in [9.17, 15) is 14.0 Å². The van der Waals surface area contributed by atoms with Crippen LogP contribution < -0.4 is 0 Å². The number of carbonyl (C=O) groups is 2. The van der Waals surface area contributed by atoms with Crippen molar-refractivity contribution >= 4 is 11.9 Å². The van der Waals surface area contributed by atoms with Crippen LogP contribution >= 0.6 is 0 Å². The van der Waals surface area contributed by atoms with E-state index < -0.39 is 23.1 Å². The first-order valence-electron chi connectivity index (χ1n) is 5.32. The molecule has 0 aromatic heterocycles. The lowest BCUT2D eigenvalue weighted by Gasteiger charge is -2.24. The fourth-order valence-electron chi connectivity index (χ4n) is 1.54. The molecule has 16 heavy (non-hydrogen) atoms. The normalized spacial score (nSPS) is 25.7. The third-order valence-corrected chi connectivity index (χ3v) is 2.50. The van der Waals surface area contributed by atoms with Gasteiger partial charge in [0.15, 0.2) is 11.5 Å². The summed E-state index contributed by atoms with van der Waals surface area (Å²) < 4.78 is 19.0. The van der Waals surface area contributed by atoms with Gasteiger partial charge in [0.2, 0.25) is 0 Å². The van der Waals surface area contributed by atoms with Gasteiger partial charge in [-0.2, -0.15) is 0 Å². The van der Waals surface area contributed by atoms with Gasteiger partial charge in [0, 0.05) is 13.0 Å². The highest BCUT2D eigenvalue weighted by Crippen LogP contribution is 2.27. The van der Waals surface area contributed by atoms with E-state index in [2.05, 4.69) is 0 Å². The van der Waals surface area contributed by atoms with Crippen LogP contribution in [0.5, 0.6) is 0 Å². The zero-order valence-electron chi connectivity index (χ0n) is 10.2. The lowest BCUT2D eigenvalue weighted by molar-refractivity contribution is -0.127. The quantitative estimate of drug-likeness (QED) is 0.692. The number of rotatable bonds is 1. The lowest BCUT2D eigenvalue weighted by Crippen LogP contribution is -2.40. The number of nitrogens with zero attached hydrogens (tertiary/aromatic N) is 1. The molecule has 1 fully saturated rings. The molecule has 0 radical (unpaired) electrons. The molecule has 4 nitrogen and oxygen atoms in total. The van der Waals surface area contributed by atoms with E-state index >= 15 is 0 Å². The number of amides is 1. The topological polar surface area (TPSA) is 46.6 Å². The highest BCUT2D eigenvalue weighted by Gasteiger charge is 2.45. The van der Waals surface area contributed by atoms with Crippen molar-refractivity contribution in [3.05, 3.63) is 0 Å². The summed E-state index contributed by atoms with van der Waals surface area (Å²) in [4.78, 5) is 23.9. The Morgan fingerprint density at radius 1 is 1.38 bits per heavy atom. The minimum atomic E-state index is -1.89. The predicted molar refractivity (Wildman–Crippen MR) is 56.9 cm³/mol. The molecule has 1 aliphatic rings. The maximum atomic E-state index is 13.9. The summed E-state index contributed by atoms with van der Waals surface area (Å²) >= 11 is 0. The van der Waals surface area contributed by atoms with Gasteiger partial charge in [-0.25, -0.2) is 9.18 Å². The molecule has 1 saturated heterocycles.